The quantitative estimate of drug-likeness (QED) is 0.147. The number of imide groups is 1. The second-order valence-electron chi connectivity index (χ2n) is 15.6. The zero-order valence-electron chi connectivity index (χ0n) is 31.3. The van der Waals surface area contributed by atoms with E-state index in [0.29, 0.717) is 89.4 Å². The third kappa shape index (κ3) is 6.64. The van der Waals surface area contributed by atoms with E-state index in [0.717, 1.165) is 0 Å². The minimum Gasteiger partial charge on any atom is -0.480 e. The maximum absolute atomic E-state index is 15.7. The molecule has 18 heteroatoms. The van der Waals surface area contributed by atoms with Crippen LogP contribution in [0.25, 0.3) is 21.8 Å². The highest BCUT2D eigenvalue weighted by Crippen LogP contribution is 2.46. The van der Waals surface area contributed by atoms with Gasteiger partial charge >= 0.3 is 5.92 Å². The summed E-state index contributed by atoms with van der Waals surface area (Å²) >= 11 is 6.59. The minimum atomic E-state index is -3.16. The molecule has 4 N–H and O–H groups in total. The maximum atomic E-state index is 15.7. The molecule has 0 radical (unpaired) electrons. The van der Waals surface area contributed by atoms with Crippen molar-refractivity contribution in [3.63, 3.8) is 0 Å². The number of rotatable bonds is 7. The van der Waals surface area contributed by atoms with Crippen LogP contribution in [0.2, 0.25) is 5.02 Å². The van der Waals surface area contributed by atoms with Gasteiger partial charge in [0.1, 0.15) is 10.8 Å². The molecule has 3 fully saturated rings. The van der Waals surface area contributed by atoms with Crippen molar-refractivity contribution in [1.82, 2.24) is 29.6 Å². The fourth-order valence-electron chi connectivity index (χ4n) is 8.39. The number of nitrogens with zero attached hydrogens (tertiary/aromatic N) is 6. The fraction of sp³-hybridized carbons (Fsp3) is 0.436. The number of aryl methyl sites for hydroxylation is 2. The summed E-state index contributed by atoms with van der Waals surface area (Å²) in [6.45, 7) is 2.30. The number of nitrogens with one attached hydrogen (secondary N) is 4. The number of hydrogen-bond donors (Lipinski definition) is 4. The number of benzene rings is 2. The summed E-state index contributed by atoms with van der Waals surface area (Å²) in [4.78, 5) is 48.8. The summed E-state index contributed by atoms with van der Waals surface area (Å²) in [5.74, 6) is -4.55. The summed E-state index contributed by atoms with van der Waals surface area (Å²) in [7, 11) is 3.32. The first kappa shape index (κ1) is 37.0. The number of hydrogen-bond acceptors (Lipinski definition) is 11. The second-order valence-corrected chi connectivity index (χ2v) is 16.0. The Morgan fingerprint density at radius 3 is 2.60 bits per heavy atom. The van der Waals surface area contributed by atoms with Crippen LogP contribution in [0.4, 0.5) is 42.0 Å². The van der Waals surface area contributed by atoms with Gasteiger partial charge in [0, 0.05) is 56.1 Å². The zero-order chi connectivity index (χ0) is 39.9. The van der Waals surface area contributed by atoms with Crippen molar-refractivity contribution in [2.45, 2.75) is 63.0 Å². The van der Waals surface area contributed by atoms with E-state index in [-0.39, 0.29) is 46.7 Å². The lowest BCUT2D eigenvalue weighted by molar-refractivity contribution is -0.134. The number of halogens is 4. The summed E-state index contributed by atoms with van der Waals surface area (Å²) in [5.41, 5.74) is 2.27. The predicted octanol–water partition coefficient (Wildman–Crippen LogP) is 5.82. The van der Waals surface area contributed by atoms with Crippen LogP contribution in [-0.4, -0.2) is 73.8 Å². The first-order valence-electron chi connectivity index (χ1n) is 19.0. The molecule has 2 amide bonds. The van der Waals surface area contributed by atoms with E-state index in [1.165, 1.54) is 16.8 Å². The van der Waals surface area contributed by atoms with E-state index in [1.807, 2.05) is 4.90 Å². The Kier molecular flexibility index (Phi) is 8.97. The number of ether oxygens (including phenoxy) is 1. The molecule has 2 aromatic carbocycles. The molecule has 1 aliphatic carbocycles. The van der Waals surface area contributed by atoms with E-state index in [9.17, 15) is 14.4 Å². The first-order valence-corrected chi connectivity index (χ1v) is 19.4. The molecule has 14 nitrogen and oxygen atoms in total. The Hall–Kier alpha value is -5.58. The van der Waals surface area contributed by atoms with Gasteiger partial charge in [-0.1, -0.05) is 18.5 Å². The Balaban J connectivity index is 0.923. The van der Waals surface area contributed by atoms with Crippen molar-refractivity contribution in [1.29, 1.82) is 0 Å². The largest absolute Gasteiger partial charge is 0.480 e. The molecule has 3 aliphatic heterocycles. The minimum absolute atomic E-state index is 0.0408. The van der Waals surface area contributed by atoms with Gasteiger partial charge in [-0.05, 0) is 67.9 Å². The van der Waals surface area contributed by atoms with Crippen molar-refractivity contribution >= 4 is 74.0 Å². The van der Waals surface area contributed by atoms with Crippen LogP contribution in [-0.2, 0) is 23.7 Å². The average Bonchev–Trinajstić information content (AvgIpc) is 3.98. The Bertz CT molecular complexity index is 2540. The molecule has 3 aromatic heterocycles. The van der Waals surface area contributed by atoms with Crippen molar-refractivity contribution in [2.75, 3.05) is 40.5 Å². The lowest BCUT2D eigenvalue weighted by atomic mass is 9.92. The molecule has 1 saturated carbocycles. The fourth-order valence-corrected chi connectivity index (χ4v) is 8.53. The van der Waals surface area contributed by atoms with Gasteiger partial charge < -0.3 is 30.2 Å². The third-order valence-electron chi connectivity index (χ3n) is 11.7. The molecule has 9 rings (SSSR count). The molecule has 5 aromatic rings. The second kappa shape index (κ2) is 13.8. The Morgan fingerprint density at radius 2 is 1.84 bits per heavy atom. The van der Waals surface area contributed by atoms with Crippen LogP contribution < -0.4 is 36.5 Å². The van der Waals surface area contributed by atoms with Crippen molar-refractivity contribution in [3.8, 4) is 5.75 Å². The molecule has 4 unspecified atom stereocenters. The maximum Gasteiger partial charge on any atom is 0.301 e. The molecule has 2 saturated heterocycles. The molecular formula is C39H40ClF3N10O4. The monoisotopic (exact) mass is 804 g/mol. The Labute approximate surface area is 329 Å². The third-order valence-corrected chi connectivity index (χ3v) is 11.9. The van der Waals surface area contributed by atoms with Crippen LogP contribution in [0.3, 0.4) is 0 Å². The summed E-state index contributed by atoms with van der Waals surface area (Å²) in [6.07, 6.45) is 4.03. The van der Waals surface area contributed by atoms with Crippen LogP contribution in [0.5, 0.6) is 5.75 Å². The molecule has 6 heterocycles. The number of pyridine rings is 1. The van der Waals surface area contributed by atoms with Gasteiger partial charge in [-0.25, -0.2) is 18.2 Å². The van der Waals surface area contributed by atoms with Crippen molar-refractivity contribution in [3.05, 3.63) is 63.4 Å². The summed E-state index contributed by atoms with van der Waals surface area (Å²) in [5, 5.41) is 17.9. The van der Waals surface area contributed by atoms with E-state index in [4.69, 9.17) is 21.3 Å². The molecule has 4 aliphatic rings. The van der Waals surface area contributed by atoms with E-state index < -0.39 is 41.8 Å². The number of amides is 2. The van der Waals surface area contributed by atoms with Crippen LogP contribution in [0.15, 0.2) is 41.3 Å². The number of carbonyl (C=O) groups excluding carboxylic acids is 2. The SMILES string of the molecule is CC1CN(c2ncc(Cl)c(Nc3ccc4c(c3)c3c(c(=O)n4C)OCC(F)(F)C(C4CC4)N3)n2)CCC1Nc1cc2c(cc1F)c(C1CCC(=O)NC1=O)nn2C. The molecule has 0 bridgehead atoms. The standard InChI is InChI=1S/C39H40ClF3N10O4/c1-18-16-53(11-10-26(18)46-27-14-29-23(13-25(27)41)31(50-52(29)3)21-7-9-30(54)47-36(21)55)38-44-15-24(40)35(49-38)45-20-6-8-28-22(12-20)32-33(37(56)51(28)2)57-17-39(42,43)34(48-32)19-4-5-19/h6,8,12-15,18-19,21,26,34,46,48H,4-5,7,9-11,16-17H2,1-3H3,(H,44,45,49)(H,47,54,55). The molecular weight excluding hydrogens is 765 g/mol. The van der Waals surface area contributed by atoms with Crippen molar-refractivity contribution < 1.29 is 27.5 Å². The highest BCUT2D eigenvalue weighted by atomic mass is 35.5. The molecule has 57 heavy (non-hydrogen) atoms. The number of carbonyl (C=O) groups is 2. The highest BCUT2D eigenvalue weighted by Gasteiger charge is 2.51. The normalized spacial score (nSPS) is 23.4. The first-order chi connectivity index (χ1) is 27.3. The van der Waals surface area contributed by atoms with E-state index in [1.54, 1.807) is 43.0 Å². The lowest BCUT2D eigenvalue weighted by Gasteiger charge is -2.38. The zero-order valence-corrected chi connectivity index (χ0v) is 32.1. The van der Waals surface area contributed by atoms with Gasteiger partial charge in [0.25, 0.3) is 5.56 Å². The number of anilines is 5. The molecule has 0 spiro atoms. The predicted molar refractivity (Wildman–Crippen MR) is 209 cm³/mol. The van der Waals surface area contributed by atoms with E-state index in [2.05, 4.69) is 38.3 Å². The van der Waals surface area contributed by atoms with Gasteiger partial charge in [0.15, 0.2) is 12.4 Å². The van der Waals surface area contributed by atoms with Gasteiger partial charge in [-0.2, -0.15) is 10.1 Å². The summed E-state index contributed by atoms with van der Waals surface area (Å²) < 4.78 is 54.4. The van der Waals surface area contributed by atoms with Gasteiger partial charge in [0.2, 0.25) is 23.5 Å². The summed E-state index contributed by atoms with van der Waals surface area (Å²) in [6, 6.07) is 7.12. The van der Waals surface area contributed by atoms with Gasteiger partial charge in [0.05, 0.1) is 46.3 Å². The van der Waals surface area contributed by atoms with Crippen LogP contribution in [0, 0.1) is 17.7 Å². The van der Waals surface area contributed by atoms with E-state index >= 15 is 13.2 Å². The van der Waals surface area contributed by atoms with Gasteiger partial charge in [-0.15, -0.1) is 0 Å². The topological polar surface area (TPSA) is 160 Å². The molecule has 4 atom stereocenters. The van der Waals surface area contributed by atoms with Crippen molar-refractivity contribution in [2.24, 2.45) is 25.9 Å². The number of aromatic nitrogens is 5. The average molecular weight is 805 g/mol. The number of piperidine rings is 2. The van der Waals surface area contributed by atoms with Gasteiger partial charge in [-0.3, -0.25) is 24.4 Å². The van der Waals surface area contributed by atoms with Crippen LogP contribution >= 0.6 is 11.6 Å². The highest BCUT2D eigenvalue weighted by molar-refractivity contribution is 6.33. The lowest BCUT2D eigenvalue weighted by Crippen LogP contribution is -2.46. The van der Waals surface area contributed by atoms with Crippen LogP contribution in [0.1, 0.15) is 50.6 Å². The Morgan fingerprint density at radius 1 is 1.04 bits per heavy atom. The smallest absolute Gasteiger partial charge is 0.301 e. The number of alkyl halides is 2. The molecule has 298 valence electrons. The number of fused-ring (bicyclic) bond motifs is 4.